The van der Waals surface area contributed by atoms with Crippen LogP contribution in [0.3, 0.4) is 0 Å². The predicted molar refractivity (Wildman–Crippen MR) is 138 cm³/mol. The molecule has 0 spiro atoms. The molecule has 9 heteroatoms. The summed E-state index contributed by atoms with van der Waals surface area (Å²) in [6.07, 6.45) is 2.31. The second kappa shape index (κ2) is 11.6. The van der Waals surface area contributed by atoms with E-state index in [1.807, 2.05) is 42.5 Å². The number of hydrogen-bond donors (Lipinski definition) is 1. The van der Waals surface area contributed by atoms with Crippen molar-refractivity contribution in [3.8, 4) is 23.0 Å². The fourth-order valence-electron chi connectivity index (χ4n) is 4.67. The summed E-state index contributed by atoms with van der Waals surface area (Å²) in [6, 6.07) is 15.8. The number of aromatic nitrogens is 1. The van der Waals surface area contributed by atoms with Crippen LogP contribution in [-0.2, 0) is 16.1 Å². The minimum absolute atomic E-state index is 0.108. The molecule has 0 aliphatic carbocycles. The Morgan fingerprint density at radius 2 is 1.68 bits per heavy atom. The average Bonchev–Trinajstić information content (AvgIpc) is 2.95. The summed E-state index contributed by atoms with van der Waals surface area (Å²) < 4.78 is 21.8. The van der Waals surface area contributed by atoms with E-state index in [0.717, 1.165) is 11.3 Å². The highest BCUT2D eigenvalue weighted by atomic mass is 16.5. The molecule has 1 aromatic heterocycles. The number of benzene rings is 2. The lowest BCUT2D eigenvalue weighted by molar-refractivity contribution is -0.129. The molecule has 2 heterocycles. The van der Waals surface area contributed by atoms with Gasteiger partial charge in [0.2, 0.25) is 17.6 Å². The number of anilines is 1. The van der Waals surface area contributed by atoms with Crippen molar-refractivity contribution in [2.24, 2.45) is 5.92 Å². The highest BCUT2D eigenvalue weighted by Crippen LogP contribution is 2.46. The first-order valence-corrected chi connectivity index (χ1v) is 11.9. The Hall–Kier alpha value is -4.27. The smallest absolute Gasteiger partial charge is 0.227 e. The van der Waals surface area contributed by atoms with Gasteiger partial charge in [-0.05, 0) is 36.2 Å². The Morgan fingerprint density at radius 1 is 0.973 bits per heavy atom. The lowest BCUT2D eigenvalue weighted by atomic mass is 9.83. The van der Waals surface area contributed by atoms with Gasteiger partial charge >= 0.3 is 0 Å². The van der Waals surface area contributed by atoms with E-state index in [1.54, 1.807) is 30.3 Å². The maximum absolute atomic E-state index is 13.5. The van der Waals surface area contributed by atoms with Crippen LogP contribution in [0.2, 0.25) is 0 Å². The topological polar surface area (TPSA) is 99.2 Å². The molecule has 0 saturated carbocycles. The Kier molecular flexibility index (Phi) is 8.12. The van der Waals surface area contributed by atoms with Gasteiger partial charge < -0.3 is 29.2 Å². The molecule has 1 N–H and O–H groups in total. The Balaban J connectivity index is 1.76. The number of ether oxygens (including phenoxy) is 4. The molecule has 0 radical (unpaired) electrons. The highest BCUT2D eigenvalue weighted by Gasteiger charge is 2.42. The van der Waals surface area contributed by atoms with E-state index in [9.17, 15) is 9.59 Å². The third-order valence-electron chi connectivity index (χ3n) is 6.49. The van der Waals surface area contributed by atoms with Crippen LogP contribution in [0.1, 0.15) is 30.1 Å². The van der Waals surface area contributed by atoms with Crippen LogP contribution in [0.25, 0.3) is 0 Å². The SMILES string of the molecule is COc1ccc([C@@H]2[C@H](C(=O)NCc3ccccn3)CCC(=O)N2c2cc(OC)c(OC)c(OC)c2)cc1. The van der Waals surface area contributed by atoms with Gasteiger partial charge in [-0.3, -0.25) is 14.6 Å². The van der Waals surface area contributed by atoms with E-state index in [2.05, 4.69) is 10.3 Å². The summed E-state index contributed by atoms with van der Waals surface area (Å²) in [7, 11) is 6.16. The van der Waals surface area contributed by atoms with Gasteiger partial charge in [0.05, 0.1) is 58.3 Å². The maximum atomic E-state index is 13.5. The zero-order valence-electron chi connectivity index (χ0n) is 21.4. The quantitative estimate of drug-likeness (QED) is 0.471. The van der Waals surface area contributed by atoms with Gasteiger partial charge in [-0.2, -0.15) is 0 Å². The number of hydrogen-bond acceptors (Lipinski definition) is 7. The number of pyridine rings is 1. The number of methoxy groups -OCH3 is 4. The summed E-state index contributed by atoms with van der Waals surface area (Å²) in [4.78, 5) is 32.9. The van der Waals surface area contributed by atoms with Gasteiger partial charge in [0.25, 0.3) is 0 Å². The zero-order valence-corrected chi connectivity index (χ0v) is 21.4. The predicted octanol–water partition coefficient (Wildman–Crippen LogP) is 3.92. The van der Waals surface area contributed by atoms with Crippen molar-refractivity contribution in [2.45, 2.75) is 25.4 Å². The number of nitrogens with zero attached hydrogens (tertiary/aromatic N) is 2. The monoisotopic (exact) mass is 505 g/mol. The molecule has 0 unspecified atom stereocenters. The Morgan fingerprint density at radius 3 is 2.24 bits per heavy atom. The van der Waals surface area contributed by atoms with Gasteiger partial charge in [-0.15, -0.1) is 0 Å². The van der Waals surface area contributed by atoms with Crippen molar-refractivity contribution in [3.05, 3.63) is 72.1 Å². The lowest BCUT2D eigenvalue weighted by Crippen LogP contribution is -2.48. The first-order valence-electron chi connectivity index (χ1n) is 11.9. The van der Waals surface area contributed by atoms with Crippen molar-refractivity contribution in [2.75, 3.05) is 33.3 Å². The molecule has 2 aromatic carbocycles. The highest BCUT2D eigenvalue weighted by molar-refractivity contribution is 5.98. The molecule has 194 valence electrons. The van der Waals surface area contributed by atoms with Crippen LogP contribution < -0.4 is 29.2 Å². The number of amides is 2. The maximum Gasteiger partial charge on any atom is 0.227 e. The van der Waals surface area contributed by atoms with Gasteiger partial charge in [0, 0.05) is 24.8 Å². The van der Waals surface area contributed by atoms with Crippen LogP contribution in [0.5, 0.6) is 23.0 Å². The van der Waals surface area contributed by atoms with Gasteiger partial charge in [-0.1, -0.05) is 18.2 Å². The van der Waals surface area contributed by atoms with Crippen LogP contribution in [0, 0.1) is 5.92 Å². The largest absolute Gasteiger partial charge is 0.497 e. The molecule has 37 heavy (non-hydrogen) atoms. The van der Waals surface area contributed by atoms with E-state index < -0.39 is 12.0 Å². The Labute approximate surface area is 216 Å². The standard InChI is InChI=1S/C28H31N3O6/c1-34-21-10-8-18(9-11-21)26-22(28(33)30-17-19-7-5-6-14-29-19)12-13-25(32)31(26)20-15-23(35-2)27(37-4)24(16-20)36-3/h5-11,14-16,22,26H,12-13,17H2,1-4H3,(H,30,33)/t22-,26-/m1/s1. The summed E-state index contributed by atoms with van der Waals surface area (Å²) >= 11 is 0. The van der Waals surface area contributed by atoms with Crippen molar-refractivity contribution < 1.29 is 28.5 Å². The van der Waals surface area contributed by atoms with Gasteiger partial charge in [0.15, 0.2) is 11.5 Å². The van der Waals surface area contributed by atoms with Crippen LogP contribution in [0.15, 0.2) is 60.8 Å². The van der Waals surface area contributed by atoms with E-state index in [4.69, 9.17) is 18.9 Å². The molecule has 9 nitrogen and oxygen atoms in total. The minimum Gasteiger partial charge on any atom is -0.497 e. The number of carbonyl (C=O) groups excluding carboxylic acids is 2. The third-order valence-corrected chi connectivity index (χ3v) is 6.49. The molecule has 1 aliphatic heterocycles. The van der Waals surface area contributed by atoms with Gasteiger partial charge in [0.1, 0.15) is 5.75 Å². The molecule has 2 amide bonds. The second-order valence-electron chi connectivity index (χ2n) is 8.55. The molecule has 0 bridgehead atoms. The molecule has 4 rings (SSSR count). The van der Waals surface area contributed by atoms with Crippen molar-refractivity contribution in [1.29, 1.82) is 0 Å². The van der Waals surface area contributed by atoms with Crippen LogP contribution >= 0.6 is 0 Å². The molecule has 1 aliphatic rings. The average molecular weight is 506 g/mol. The second-order valence-corrected chi connectivity index (χ2v) is 8.55. The molecule has 1 saturated heterocycles. The number of carbonyl (C=O) groups is 2. The number of piperidine rings is 1. The number of rotatable bonds is 9. The zero-order chi connectivity index (χ0) is 26.4. The summed E-state index contributed by atoms with van der Waals surface area (Å²) in [5.74, 6) is 1.17. The molecule has 1 fully saturated rings. The van der Waals surface area contributed by atoms with E-state index in [1.165, 1.54) is 21.3 Å². The van der Waals surface area contributed by atoms with Crippen LogP contribution in [0.4, 0.5) is 5.69 Å². The minimum atomic E-state index is -0.571. The molecular formula is C28H31N3O6. The molecule has 2 atom stereocenters. The lowest BCUT2D eigenvalue weighted by Gasteiger charge is -2.41. The summed E-state index contributed by atoms with van der Waals surface area (Å²) in [6.45, 7) is 0.295. The Bertz CT molecular complexity index is 1210. The molecule has 3 aromatic rings. The fourth-order valence-corrected chi connectivity index (χ4v) is 4.67. The van der Waals surface area contributed by atoms with E-state index in [0.29, 0.717) is 41.7 Å². The third kappa shape index (κ3) is 5.45. The fraction of sp³-hybridized carbons (Fsp3) is 0.321. The van der Waals surface area contributed by atoms with Crippen LogP contribution in [-0.4, -0.2) is 45.2 Å². The molecular weight excluding hydrogens is 474 g/mol. The van der Waals surface area contributed by atoms with Crippen molar-refractivity contribution in [3.63, 3.8) is 0 Å². The van der Waals surface area contributed by atoms with E-state index >= 15 is 0 Å². The van der Waals surface area contributed by atoms with Gasteiger partial charge in [-0.25, -0.2) is 0 Å². The summed E-state index contributed by atoms with van der Waals surface area (Å²) in [5, 5.41) is 3.01. The van der Waals surface area contributed by atoms with Crippen molar-refractivity contribution >= 4 is 17.5 Å². The first-order chi connectivity index (χ1) is 18.0. The first kappa shape index (κ1) is 25.8. The van der Waals surface area contributed by atoms with Crippen molar-refractivity contribution in [1.82, 2.24) is 10.3 Å². The number of nitrogens with one attached hydrogen (secondary N) is 1. The normalized spacial score (nSPS) is 17.2. The van der Waals surface area contributed by atoms with E-state index in [-0.39, 0.29) is 18.2 Å². The summed E-state index contributed by atoms with van der Waals surface area (Å²) in [5.41, 5.74) is 2.10.